The van der Waals surface area contributed by atoms with Gasteiger partial charge in [-0.3, -0.25) is 9.59 Å². The van der Waals surface area contributed by atoms with Gasteiger partial charge in [-0.05, 0) is 32.6 Å². The molecule has 0 aliphatic rings. The lowest BCUT2D eigenvalue weighted by Crippen LogP contribution is -2.30. The first-order chi connectivity index (χ1) is 7.93. The number of carboxylic acids is 1. The van der Waals surface area contributed by atoms with E-state index in [2.05, 4.69) is 5.32 Å². The quantitative estimate of drug-likeness (QED) is 0.422. The van der Waals surface area contributed by atoms with Crippen LogP contribution >= 0.6 is 0 Å². The van der Waals surface area contributed by atoms with Crippen molar-refractivity contribution in [2.45, 2.75) is 51.2 Å². The third-order valence-corrected chi connectivity index (χ3v) is 2.37. The second-order valence-electron chi connectivity index (χ2n) is 4.18. The van der Waals surface area contributed by atoms with E-state index in [1.165, 1.54) is 0 Å². The summed E-state index contributed by atoms with van der Waals surface area (Å²) in [6.45, 7) is 2.16. The van der Waals surface area contributed by atoms with Crippen molar-refractivity contribution in [3.05, 3.63) is 0 Å². The van der Waals surface area contributed by atoms with Crippen molar-refractivity contribution in [3.63, 3.8) is 0 Å². The number of amides is 1. The van der Waals surface area contributed by atoms with Crippen molar-refractivity contribution in [3.8, 4) is 0 Å². The van der Waals surface area contributed by atoms with Crippen LogP contribution in [0.4, 0.5) is 0 Å². The van der Waals surface area contributed by atoms with Crippen molar-refractivity contribution >= 4 is 11.9 Å². The first-order valence-electron chi connectivity index (χ1n) is 5.86. The molecule has 0 heterocycles. The maximum atomic E-state index is 11.2. The number of nitrogens with two attached hydrogens (primary N) is 1. The molecular formula is C11H22N2O4. The topological polar surface area (TPSA) is 113 Å². The van der Waals surface area contributed by atoms with Crippen LogP contribution in [0, 0.1) is 0 Å². The lowest BCUT2D eigenvalue weighted by Gasteiger charge is -2.08. The Kier molecular flexibility index (Phi) is 8.35. The summed E-state index contributed by atoms with van der Waals surface area (Å²) in [6, 6.07) is -0.819. The van der Waals surface area contributed by atoms with Crippen LogP contribution in [0.25, 0.3) is 0 Å². The number of carboxylic acid groups (broad SMARTS) is 1. The SMILES string of the molecule is CC(O)CCC(=O)NCCCCC(N)C(=O)O. The van der Waals surface area contributed by atoms with Gasteiger partial charge >= 0.3 is 5.97 Å². The predicted octanol–water partition coefficient (Wildman–Crippen LogP) is -0.154. The highest BCUT2D eigenvalue weighted by molar-refractivity contribution is 5.75. The molecule has 6 nitrogen and oxygen atoms in total. The lowest BCUT2D eigenvalue weighted by atomic mass is 10.1. The zero-order chi connectivity index (χ0) is 13.3. The van der Waals surface area contributed by atoms with Gasteiger partial charge in [-0.2, -0.15) is 0 Å². The van der Waals surface area contributed by atoms with Crippen LogP contribution in [0.1, 0.15) is 39.0 Å². The van der Waals surface area contributed by atoms with E-state index in [1.54, 1.807) is 6.92 Å². The Labute approximate surface area is 101 Å². The van der Waals surface area contributed by atoms with Gasteiger partial charge in [-0.1, -0.05) is 0 Å². The minimum absolute atomic E-state index is 0.0894. The Morgan fingerprint density at radius 3 is 2.47 bits per heavy atom. The number of aliphatic hydroxyl groups is 1. The molecule has 100 valence electrons. The summed E-state index contributed by atoms with van der Waals surface area (Å²) in [5, 5.41) is 20.2. The maximum Gasteiger partial charge on any atom is 0.320 e. The highest BCUT2D eigenvalue weighted by Gasteiger charge is 2.10. The number of aliphatic hydroxyl groups excluding tert-OH is 1. The van der Waals surface area contributed by atoms with E-state index in [9.17, 15) is 9.59 Å². The summed E-state index contributed by atoms with van der Waals surface area (Å²) in [5.74, 6) is -1.08. The summed E-state index contributed by atoms with van der Waals surface area (Å²) in [5.41, 5.74) is 5.32. The molecule has 0 aliphatic heterocycles. The fourth-order valence-electron chi connectivity index (χ4n) is 1.27. The normalized spacial score (nSPS) is 14.1. The van der Waals surface area contributed by atoms with Crippen LogP contribution in [0.15, 0.2) is 0 Å². The zero-order valence-corrected chi connectivity index (χ0v) is 10.2. The fourth-order valence-corrected chi connectivity index (χ4v) is 1.27. The standard InChI is InChI=1S/C11H22N2O4/c1-8(14)5-6-10(15)13-7-3-2-4-9(12)11(16)17/h8-9,14H,2-7,12H2,1H3,(H,13,15)(H,16,17). The van der Waals surface area contributed by atoms with Crippen LogP contribution in [0.3, 0.4) is 0 Å². The van der Waals surface area contributed by atoms with Crippen LogP contribution in [-0.2, 0) is 9.59 Å². The van der Waals surface area contributed by atoms with Gasteiger partial charge < -0.3 is 21.3 Å². The van der Waals surface area contributed by atoms with Crippen molar-refractivity contribution < 1.29 is 19.8 Å². The van der Waals surface area contributed by atoms with E-state index >= 15 is 0 Å². The Hall–Kier alpha value is -1.14. The predicted molar refractivity (Wildman–Crippen MR) is 63.4 cm³/mol. The number of nitrogens with one attached hydrogen (secondary N) is 1. The van der Waals surface area contributed by atoms with Gasteiger partial charge in [-0.25, -0.2) is 0 Å². The minimum Gasteiger partial charge on any atom is -0.480 e. The summed E-state index contributed by atoms with van der Waals surface area (Å²) in [6.07, 6.45) is 2.10. The molecule has 0 spiro atoms. The van der Waals surface area contributed by atoms with Crippen LogP contribution < -0.4 is 11.1 Å². The summed E-state index contributed by atoms with van der Waals surface area (Å²) in [4.78, 5) is 21.6. The molecule has 0 fully saturated rings. The Morgan fingerprint density at radius 2 is 1.94 bits per heavy atom. The summed E-state index contributed by atoms with van der Waals surface area (Å²) < 4.78 is 0. The molecule has 0 rings (SSSR count). The molecule has 2 unspecified atom stereocenters. The molecule has 0 saturated carbocycles. The van der Waals surface area contributed by atoms with Crippen molar-refractivity contribution in [2.24, 2.45) is 5.73 Å². The molecule has 5 N–H and O–H groups in total. The first-order valence-corrected chi connectivity index (χ1v) is 5.86. The fraction of sp³-hybridized carbons (Fsp3) is 0.818. The third kappa shape index (κ3) is 9.77. The number of aliphatic carboxylic acids is 1. The molecule has 0 aromatic heterocycles. The molecule has 0 aromatic rings. The number of carbonyl (C=O) groups excluding carboxylic acids is 1. The first kappa shape index (κ1) is 15.9. The zero-order valence-electron chi connectivity index (χ0n) is 10.2. The van der Waals surface area contributed by atoms with E-state index in [1.807, 2.05) is 0 Å². The highest BCUT2D eigenvalue weighted by atomic mass is 16.4. The third-order valence-electron chi connectivity index (χ3n) is 2.37. The molecular weight excluding hydrogens is 224 g/mol. The van der Waals surface area contributed by atoms with E-state index in [-0.39, 0.29) is 5.91 Å². The van der Waals surface area contributed by atoms with E-state index in [4.69, 9.17) is 15.9 Å². The monoisotopic (exact) mass is 246 g/mol. The minimum atomic E-state index is -0.994. The molecule has 17 heavy (non-hydrogen) atoms. The van der Waals surface area contributed by atoms with Crippen LogP contribution in [-0.4, -0.2) is 40.8 Å². The summed E-state index contributed by atoms with van der Waals surface area (Å²) in [7, 11) is 0. The molecule has 6 heteroatoms. The lowest BCUT2D eigenvalue weighted by molar-refractivity contribution is -0.138. The molecule has 0 saturated heterocycles. The van der Waals surface area contributed by atoms with Gasteiger partial charge in [0.1, 0.15) is 6.04 Å². The van der Waals surface area contributed by atoms with Gasteiger partial charge in [0.15, 0.2) is 0 Å². The number of hydrogen-bond donors (Lipinski definition) is 4. The Bertz CT molecular complexity index is 244. The smallest absolute Gasteiger partial charge is 0.320 e. The van der Waals surface area contributed by atoms with Crippen molar-refractivity contribution in [1.29, 1.82) is 0 Å². The second kappa shape index (κ2) is 8.95. The van der Waals surface area contributed by atoms with E-state index in [0.29, 0.717) is 38.6 Å². The molecule has 0 aliphatic carbocycles. The van der Waals surface area contributed by atoms with Crippen molar-refractivity contribution in [1.82, 2.24) is 5.32 Å². The number of rotatable bonds is 9. The highest BCUT2D eigenvalue weighted by Crippen LogP contribution is 1.99. The summed E-state index contributed by atoms with van der Waals surface area (Å²) >= 11 is 0. The molecule has 0 bridgehead atoms. The van der Waals surface area contributed by atoms with Crippen molar-refractivity contribution in [2.75, 3.05) is 6.54 Å². The van der Waals surface area contributed by atoms with Crippen LogP contribution in [0.2, 0.25) is 0 Å². The van der Waals surface area contributed by atoms with Gasteiger partial charge in [0.05, 0.1) is 6.10 Å². The van der Waals surface area contributed by atoms with Gasteiger partial charge in [0, 0.05) is 13.0 Å². The number of unbranched alkanes of at least 4 members (excludes halogenated alkanes) is 1. The molecule has 0 radical (unpaired) electrons. The second-order valence-corrected chi connectivity index (χ2v) is 4.18. The van der Waals surface area contributed by atoms with Gasteiger partial charge in [0.2, 0.25) is 5.91 Å². The molecule has 1 amide bonds. The number of carbonyl (C=O) groups is 2. The average Bonchev–Trinajstić information content (AvgIpc) is 2.25. The van der Waals surface area contributed by atoms with E-state index in [0.717, 1.165) is 0 Å². The van der Waals surface area contributed by atoms with Gasteiger partial charge in [0.25, 0.3) is 0 Å². The Morgan fingerprint density at radius 1 is 1.29 bits per heavy atom. The molecule has 2 atom stereocenters. The van der Waals surface area contributed by atoms with Gasteiger partial charge in [-0.15, -0.1) is 0 Å². The Balaban J connectivity index is 3.39. The molecule has 0 aromatic carbocycles. The van der Waals surface area contributed by atoms with Crippen LogP contribution in [0.5, 0.6) is 0 Å². The maximum absolute atomic E-state index is 11.2. The number of hydrogen-bond acceptors (Lipinski definition) is 4. The average molecular weight is 246 g/mol. The van der Waals surface area contributed by atoms with E-state index < -0.39 is 18.1 Å². The largest absolute Gasteiger partial charge is 0.480 e.